The van der Waals surface area contributed by atoms with Crippen LogP contribution in [0, 0.1) is 0 Å². The number of aromatic carboxylic acids is 1. The third kappa shape index (κ3) is 1.71. The Kier molecular flexibility index (Phi) is 3.37. The molecule has 14 heavy (non-hydrogen) atoms. The van der Waals surface area contributed by atoms with Crippen LogP contribution in [-0.2, 0) is 0 Å². The summed E-state index contributed by atoms with van der Waals surface area (Å²) < 4.78 is 2.04. The number of rotatable bonds is 1. The van der Waals surface area contributed by atoms with Gasteiger partial charge in [-0.3, -0.25) is 4.40 Å². The van der Waals surface area contributed by atoms with E-state index in [1.807, 2.05) is 0 Å². The predicted octanol–water partition coefficient (Wildman–Crippen LogP) is -2.54. The van der Waals surface area contributed by atoms with Gasteiger partial charge in [-0.15, -0.1) is 0 Å². The van der Waals surface area contributed by atoms with Crippen LogP contribution in [0.4, 0.5) is 0 Å². The molecule has 0 atom stereocenters. The predicted molar refractivity (Wildman–Crippen MR) is 47.2 cm³/mol. The standard InChI is InChI=1S/C8H5BrN2O2.Li/c9-7-6(8(12)13)10-5-3-1-2-4-11(5)7;/h1-4H,(H,12,13);/q;+1/p-1. The molecule has 0 aliphatic rings. The smallest absolute Gasteiger partial charge is 0.543 e. The van der Waals surface area contributed by atoms with Crippen molar-refractivity contribution in [3.63, 3.8) is 0 Å². The van der Waals surface area contributed by atoms with Crippen LogP contribution in [0.25, 0.3) is 5.65 Å². The fraction of sp³-hybridized carbons (Fsp3) is 0. The number of hydrogen-bond donors (Lipinski definition) is 0. The molecule has 0 saturated carbocycles. The molecule has 0 bridgehead atoms. The molecular weight excluding hydrogens is 243 g/mol. The van der Waals surface area contributed by atoms with Crippen LogP contribution in [-0.4, -0.2) is 15.4 Å². The number of carboxylic acids is 1. The van der Waals surface area contributed by atoms with Gasteiger partial charge in [-0.05, 0) is 28.1 Å². The first-order valence-electron chi connectivity index (χ1n) is 3.54. The number of carboxylic acid groups (broad SMARTS) is 1. The molecule has 0 radical (unpaired) electrons. The number of pyridine rings is 1. The first-order chi connectivity index (χ1) is 6.20. The van der Waals surface area contributed by atoms with Crippen molar-refractivity contribution in [1.82, 2.24) is 9.38 Å². The Morgan fingerprint density at radius 1 is 1.50 bits per heavy atom. The van der Waals surface area contributed by atoms with E-state index in [1.165, 1.54) is 0 Å². The van der Waals surface area contributed by atoms with E-state index in [-0.39, 0.29) is 24.6 Å². The van der Waals surface area contributed by atoms with Gasteiger partial charge in [0.15, 0.2) is 0 Å². The van der Waals surface area contributed by atoms with Gasteiger partial charge in [0, 0.05) is 6.20 Å². The Balaban J connectivity index is 0.000000980. The number of carbonyl (C=O) groups is 1. The van der Waals surface area contributed by atoms with Crippen molar-refractivity contribution in [3.8, 4) is 0 Å². The van der Waals surface area contributed by atoms with E-state index in [9.17, 15) is 9.90 Å². The molecule has 0 aliphatic heterocycles. The quantitative estimate of drug-likeness (QED) is 0.522. The second-order valence-electron chi connectivity index (χ2n) is 2.47. The van der Waals surface area contributed by atoms with Gasteiger partial charge < -0.3 is 9.90 Å². The minimum Gasteiger partial charge on any atom is -0.543 e. The van der Waals surface area contributed by atoms with E-state index < -0.39 is 5.97 Å². The largest absolute Gasteiger partial charge is 1.00 e. The van der Waals surface area contributed by atoms with Crippen molar-refractivity contribution < 1.29 is 28.8 Å². The van der Waals surface area contributed by atoms with Gasteiger partial charge in [0.2, 0.25) is 0 Å². The Morgan fingerprint density at radius 3 is 2.79 bits per heavy atom. The van der Waals surface area contributed by atoms with Crippen LogP contribution in [0.15, 0.2) is 29.0 Å². The van der Waals surface area contributed by atoms with Crippen LogP contribution in [0.2, 0.25) is 0 Å². The summed E-state index contributed by atoms with van der Waals surface area (Å²) >= 11 is 3.13. The maximum Gasteiger partial charge on any atom is 1.00 e. The number of carbonyl (C=O) groups excluding carboxylic acids is 1. The molecule has 6 heteroatoms. The maximum atomic E-state index is 10.6. The fourth-order valence-corrected chi connectivity index (χ4v) is 1.65. The Bertz CT molecular complexity index is 483. The SMILES string of the molecule is O=C([O-])c1nc2ccccn2c1Br.[Li+]. The van der Waals surface area contributed by atoms with Gasteiger partial charge in [-0.1, -0.05) is 6.07 Å². The number of aromatic nitrogens is 2. The molecular formula is C8H4BrLiN2O2. The topological polar surface area (TPSA) is 57.4 Å². The molecule has 0 N–H and O–H groups in total. The van der Waals surface area contributed by atoms with Crippen molar-refractivity contribution in [2.24, 2.45) is 0 Å². The van der Waals surface area contributed by atoms with Gasteiger partial charge in [-0.2, -0.15) is 0 Å². The molecule has 0 amide bonds. The number of halogens is 1. The zero-order valence-corrected chi connectivity index (χ0v) is 8.98. The molecule has 2 aromatic rings. The Labute approximate surface area is 100 Å². The second kappa shape index (κ2) is 4.18. The maximum absolute atomic E-state index is 10.6. The summed E-state index contributed by atoms with van der Waals surface area (Å²) in [4.78, 5) is 14.4. The van der Waals surface area contributed by atoms with Gasteiger partial charge in [0.05, 0.1) is 5.97 Å². The average molecular weight is 247 g/mol. The van der Waals surface area contributed by atoms with E-state index in [1.54, 1.807) is 28.8 Å². The molecule has 66 valence electrons. The Morgan fingerprint density at radius 2 is 2.21 bits per heavy atom. The molecule has 0 aromatic carbocycles. The summed E-state index contributed by atoms with van der Waals surface area (Å²) in [5.41, 5.74) is 0.500. The Hall–Kier alpha value is -0.763. The molecule has 4 nitrogen and oxygen atoms in total. The first kappa shape index (κ1) is 11.3. The number of nitrogens with zero attached hydrogens (tertiary/aromatic N) is 2. The zero-order valence-electron chi connectivity index (χ0n) is 7.40. The van der Waals surface area contributed by atoms with Crippen molar-refractivity contribution in [2.75, 3.05) is 0 Å². The number of fused-ring (bicyclic) bond motifs is 1. The van der Waals surface area contributed by atoms with E-state index in [0.717, 1.165) is 0 Å². The van der Waals surface area contributed by atoms with Crippen molar-refractivity contribution in [2.45, 2.75) is 0 Å². The van der Waals surface area contributed by atoms with Crippen LogP contribution in [0.5, 0.6) is 0 Å². The summed E-state index contributed by atoms with van der Waals surface area (Å²) in [5.74, 6) is -1.28. The molecule has 0 fully saturated rings. The van der Waals surface area contributed by atoms with E-state index >= 15 is 0 Å². The minimum absolute atomic E-state index is 0. The molecule has 0 saturated heterocycles. The van der Waals surface area contributed by atoms with Gasteiger partial charge >= 0.3 is 18.9 Å². The third-order valence-electron chi connectivity index (χ3n) is 1.66. The van der Waals surface area contributed by atoms with Crippen molar-refractivity contribution >= 4 is 27.5 Å². The molecule has 0 spiro atoms. The van der Waals surface area contributed by atoms with E-state index in [4.69, 9.17) is 0 Å². The summed E-state index contributed by atoms with van der Waals surface area (Å²) in [6, 6.07) is 5.30. The van der Waals surface area contributed by atoms with Crippen LogP contribution in [0.1, 0.15) is 10.5 Å². The van der Waals surface area contributed by atoms with Gasteiger partial charge in [0.1, 0.15) is 15.9 Å². The summed E-state index contributed by atoms with van der Waals surface area (Å²) in [6.07, 6.45) is 1.72. The molecule has 2 heterocycles. The second-order valence-corrected chi connectivity index (χ2v) is 3.22. The fourth-order valence-electron chi connectivity index (χ4n) is 1.10. The first-order valence-corrected chi connectivity index (χ1v) is 4.33. The molecule has 0 unspecified atom stereocenters. The third-order valence-corrected chi connectivity index (χ3v) is 2.42. The van der Waals surface area contributed by atoms with Crippen LogP contribution >= 0.6 is 15.9 Å². The van der Waals surface area contributed by atoms with Gasteiger partial charge in [0.25, 0.3) is 0 Å². The van der Waals surface area contributed by atoms with Crippen LogP contribution in [0.3, 0.4) is 0 Å². The average Bonchev–Trinajstić information content (AvgIpc) is 2.45. The monoisotopic (exact) mass is 246 g/mol. The van der Waals surface area contributed by atoms with Crippen molar-refractivity contribution in [1.29, 1.82) is 0 Å². The zero-order chi connectivity index (χ0) is 9.42. The normalized spacial score (nSPS) is 9.79. The number of imidazole rings is 1. The summed E-state index contributed by atoms with van der Waals surface area (Å²) in [5, 5.41) is 10.6. The molecule has 2 aromatic heterocycles. The van der Waals surface area contributed by atoms with E-state index in [2.05, 4.69) is 20.9 Å². The summed E-state index contributed by atoms with van der Waals surface area (Å²) in [6.45, 7) is 0. The minimum atomic E-state index is -1.28. The van der Waals surface area contributed by atoms with Crippen molar-refractivity contribution in [3.05, 3.63) is 34.7 Å². The molecule has 2 rings (SSSR count). The van der Waals surface area contributed by atoms with E-state index in [0.29, 0.717) is 10.3 Å². The van der Waals surface area contributed by atoms with Gasteiger partial charge in [-0.25, -0.2) is 4.98 Å². The summed E-state index contributed by atoms with van der Waals surface area (Å²) in [7, 11) is 0. The van der Waals surface area contributed by atoms with Crippen LogP contribution < -0.4 is 24.0 Å². The number of hydrogen-bond acceptors (Lipinski definition) is 3. The molecule has 0 aliphatic carbocycles.